The number of hydrogen-bond donors (Lipinski definition) is 1. The molecule has 0 aliphatic carbocycles. The molecule has 0 atom stereocenters. The first-order valence-electron chi connectivity index (χ1n) is 11.0. The van der Waals surface area contributed by atoms with Gasteiger partial charge in [0.05, 0.1) is 36.2 Å². The average Bonchev–Trinajstić information content (AvgIpc) is 3.28. The van der Waals surface area contributed by atoms with Crippen LogP contribution in [-0.2, 0) is 11.3 Å². The highest BCUT2D eigenvalue weighted by molar-refractivity contribution is 5.79. The lowest BCUT2D eigenvalue weighted by atomic mass is 10.1. The summed E-state index contributed by atoms with van der Waals surface area (Å²) in [5, 5.41) is 11.6. The average molecular weight is 423 g/mol. The Labute approximate surface area is 182 Å². The van der Waals surface area contributed by atoms with E-state index in [1.54, 1.807) is 6.20 Å². The minimum atomic E-state index is 0.0682. The minimum absolute atomic E-state index is 0.0682. The molecule has 1 N–H and O–H groups in total. The van der Waals surface area contributed by atoms with Crippen LogP contribution < -0.4 is 5.32 Å². The van der Waals surface area contributed by atoms with E-state index in [2.05, 4.69) is 25.5 Å². The van der Waals surface area contributed by atoms with E-state index in [9.17, 15) is 4.79 Å². The molecule has 0 spiro atoms. The van der Waals surface area contributed by atoms with Crippen molar-refractivity contribution in [1.29, 1.82) is 0 Å². The van der Waals surface area contributed by atoms with Gasteiger partial charge in [-0.3, -0.25) is 19.4 Å². The van der Waals surface area contributed by atoms with Gasteiger partial charge < -0.3 is 9.84 Å². The number of nitrogens with zero attached hydrogens (tertiary/aromatic N) is 5. The van der Waals surface area contributed by atoms with Crippen LogP contribution in [-0.4, -0.2) is 56.9 Å². The summed E-state index contributed by atoms with van der Waals surface area (Å²) >= 11 is 0. The molecule has 1 saturated heterocycles. The number of carbonyl (C=O) groups is 1. The fraction of sp³-hybridized carbons (Fsp3) is 0.478. The van der Waals surface area contributed by atoms with Crippen molar-refractivity contribution in [3.8, 4) is 22.6 Å². The van der Waals surface area contributed by atoms with Gasteiger partial charge in [0.1, 0.15) is 0 Å². The third kappa shape index (κ3) is 5.38. The molecular weight excluding hydrogens is 392 g/mol. The zero-order valence-electron chi connectivity index (χ0n) is 18.3. The Kier molecular flexibility index (Phi) is 6.76. The van der Waals surface area contributed by atoms with Crippen LogP contribution in [0.4, 0.5) is 0 Å². The summed E-state index contributed by atoms with van der Waals surface area (Å²) in [4.78, 5) is 19.1. The van der Waals surface area contributed by atoms with Crippen molar-refractivity contribution in [3.05, 3.63) is 42.0 Å². The van der Waals surface area contributed by atoms with Gasteiger partial charge in [0, 0.05) is 30.1 Å². The zero-order chi connectivity index (χ0) is 21.6. The minimum Gasteiger partial charge on any atom is -0.356 e. The molecule has 31 heavy (non-hydrogen) atoms. The fourth-order valence-electron chi connectivity index (χ4n) is 3.99. The van der Waals surface area contributed by atoms with E-state index in [-0.39, 0.29) is 5.91 Å². The van der Waals surface area contributed by atoms with Crippen LogP contribution in [0.5, 0.6) is 0 Å². The summed E-state index contributed by atoms with van der Waals surface area (Å²) in [7, 11) is 0. The van der Waals surface area contributed by atoms with Crippen molar-refractivity contribution in [3.63, 3.8) is 0 Å². The van der Waals surface area contributed by atoms with E-state index in [1.807, 2.05) is 42.9 Å². The maximum Gasteiger partial charge on any atom is 0.234 e. The van der Waals surface area contributed by atoms with Crippen molar-refractivity contribution in [2.75, 3.05) is 26.2 Å². The maximum atomic E-state index is 12.4. The lowest BCUT2D eigenvalue weighted by Crippen LogP contribution is -2.38. The monoisotopic (exact) mass is 422 g/mol. The van der Waals surface area contributed by atoms with Crippen LogP contribution in [0.2, 0.25) is 0 Å². The second-order valence-electron chi connectivity index (χ2n) is 8.19. The first-order valence-corrected chi connectivity index (χ1v) is 11.0. The molecule has 1 aliphatic rings. The van der Waals surface area contributed by atoms with Crippen LogP contribution in [0, 0.1) is 13.8 Å². The SMILES string of the molecule is Cc1ccc(-c2c(-c3cc(C)no3)cnn2CCNC(=O)CN2CCCCCC2)cn1. The van der Waals surface area contributed by atoms with Crippen LogP contribution >= 0.6 is 0 Å². The standard InChI is InChI=1S/C23H30N6O2/c1-17-7-8-19(14-25-17)23-20(21-13-18(2)27-31-21)15-26-29(23)12-9-24-22(30)16-28-10-5-3-4-6-11-28/h7-8,13-15H,3-6,9-12,16H2,1-2H3,(H,24,30). The number of amides is 1. The molecule has 0 unspecified atom stereocenters. The second kappa shape index (κ2) is 9.87. The smallest absolute Gasteiger partial charge is 0.234 e. The number of nitrogens with one attached hydrogen (secondary N) is 1. The molecule has 8 heteroatoms. The molecule has 1 aliphatic heterocycles. The van der Waals surface area contributed by atoms with Crippen LogP contribution in [0.1, 0.15) is 37.1 Å². The Morgan fingerprint density at radius 1 is 1.10 bits per heavy atom. The highest BCUT2D eigenvalue weighted by Gasteiger charge is 2.19. The maximum absolute atomic E-state index is 12.4. The fourth-order valence-corrected chi connectivity index (χ4v) is 3.99. The Morgan fingerprint density at radius 2 is 1.90 bits per heavy atom. The molecule has 164 valence electrons. The molecule has 4 rings (SSSR count). The Morgan fingerprint density at radius 3 is 2.58 bits per heavy atom. The van der Waals surface area contributed by atoms with Gasteiger partial charge in [-0.1, -0.05) is 18.0 Å². The van der Waals surface area contributed by atoms with Gasteiger partial charge in [-0.2, -0.15) is 5.10 Å². The summed E-state index contributed by atoms with van der Waals surface area (Å²) in [5.41, 5.74) is 4.49. The molecule has 1 amide bonds. The normalized spacial score (nSPS) is 15.0. The van der Waals surface area contributed by atoms with Gasteiger partial charge in [-0.25, -0.2) is 0 Å². The highest BCUT2D eigenvalue weighted by Crippen LogP contribution is 2.32. The predicted molar refractivity (Wildman–Crippen MR) is 118 cm³/mol. The lowest BCUT2D eigenvalue weighted by molar-refractivity contribution is -0.122. The molecule has 0 saturated carbocycles. The second-order valence-corrected chi connectivity index (χ2v) is 8.19. The summed E-state index contributed by atoms with van der Waals surface area (Å²) in [6.45, 7) is 7.41. The quantitative estimate of drug-likeness (QED) is 0.629. The number of aryl methyl sites for hydroxylation is 2. The van der Waals surface area contributed by atoms with Gasteiger partial charge in [-0.05, 0) is 51.9 Å². The number of rotatable bonds is 7. The predicted octanol–water partition coefficient (Wildman–Crippen LogP) is 3.21. The Balaban J connectivity index is 1.46. The van der Waals surface area contributed by atoms with E-state index in [0.717, 1.165) is 41.3 Å². The molecule has 8 nitrogen and oxygen atoms in total. The molecule has 0 aromatic carbocycles. The van der Waals surface area contributed by atoms with Crippen molar-refractivity contribution < 1.29 is 9.32 Å². The number of carbonyl (C=O) groups excluding carboxylic acids is 1. The Hall–Kier alpha value is -3.00. The largest absolute Gasteiger partial charge is 0.356 e. The van der Waals surface area contributed by atoms with E-state index < -0.39 is 0 Å². The summed E-state index contributed by atoms with van der Waals surface area (Å²) in [5.74, 6) is 0.739. The lowest BCUT2D eigenvalue weighted by Gasteiger charge is -2.19. The van der Waals surface area contributed by atoms with Gasteiger partial charge in [0.2, 0.25) is 5.91 Å². The van der Waals surface area contributed by atoms with Crippen LogP contribution in [0.3, 0.4) is 0 Å². The first kappa shape index (κ1) is 21.2. The zero-order valence-corrected chi connectivity index (χ0v) is 18.3. The number of hydrogen-bond acceptors (Lipinski definition) is 6. The number of aromatic nitrogens is 4. The summed E-state index contributed by atoms with van der Waals surface area (Å²) in [6.07, 6.45) is 8.51. The highest BCUT2D eigenvalue weighted by atomic mass is 16.5. The van der Waals surface area contributed by atoms with E-state index >= 15 is 0 Å². The van der Waals surface area contributed by atoms with Crippen molar-refractivity contribution >= 4 is 5.91 Å². The van der Waals surface area contributed by atoms with Crippen LogP contribution in [0.15, 0.2) is 35.1 Å². The van der Waals surface area contributed by atoms with Gasteiger partial charge in [0.15, 0.2) is 5.76 Å². The summed E-state index contributed by atoms with van der Waals surface area (Å²) < 4.78 is 7.38. The van der Waals surface area contributed by atoms with Gasteiger partial charge >= 0.3 is 0 Å². The van der Waals surface area contributed by atoms with Crippen molar-refractivity contribution in [1.82, 2.24) is 30.1 Å². The van der Waals surface area contributed by atoms with E-state index in [1.165, 1.54) is 25.7 Å². The third-order valence-corrected chi connectivity index (χ3v) is 5.63. The van der Waals surface area contributed by atoms with Gasteiger partial charge in [0.25, 0.3) is 0 Å². The molecule has 0 radical (unpaired) electrons. The van der Waals surface area contributed by atoms with Gasteiger partial charge in [-0.15, -0.1) is 0 Å². The molecule has 3 aromatic rings. The third-order valence-electron chi connectivity index (χ3n) is 5.63. The molecular formula is C23H30N6O2. The first-order chi connectivity index (χ1) is 15.1. The van der Waals surface area contributed by atoms with Crippen LogP contribution in [0.25, 0.3) is 22.6 Å². The summed E-state index contributed by atoms with van der Waals surface area (Å²) in [6, 6.07) is 5.90. The molecule has 3 aromatic heterocycles. The number of likely N-dealkylation sites (tertiary alicyclic amines) is 1. The topological polar surface area (TPSA) is 89.1 Å². The number of pyridine rings is 1. The van der Waals surface area contributed by atoms with Crippen molar-refractivity contribution in [2.24, 2.45) is 0 Å². The van der Waals surface area contributed by atoms with E-state index in [0.29, 0.717) is 25.4 Å². The van der Waals surface area contributed by atoms with Crippen molar-refractivity contribution in [2.45, 2.75) is 46.1 Å². The molecule has 1 fully saturated rings. The Bertz CT molecular complexity index is 1000. The molecule has 4 heterocycles. The van der Waals surface area contributed by atoms with E-state index in [4.69, 9.17) is 4.52 Å². The molecule has 0 bridgehead atoms.